The van der Waals surface area contributed by atoms with E-state index < -0.39 is 5.97 Å². The van der Waals surface area contributed by atoms with E-state index in [0.29, 0.717) is 35.8 Å². The van der Waals surface area contributed by atoms with E-state index >= 15 is 0 Å². The van der Waals surface area contributed by atoms with Gasteiger partial charge in [-0.2, -0.15) is 0 Å². The number of esters is 1. The van der Waals surface area contributed by atoms with Gasteiger partial charge in [0.05, 0.1) is 6.42 Å². The smallest absolute Gasteiger partial charge is 0.306 e. The van der Waals surface area contributed by atoms with Gasteiger partial charge in [-0.3, -0.25) is 14.4 Å². The summed E-state index contributed by atoms with van der Waals surface area (Å²) in [5.74, 6) is 0.0269. The fraction of sp³-hybridized carbons (Fsp3) is 0.192. The van der Waals surface area contributed by atoms with Gasteiger partial charge in [-0.25, -0.2) is 0 Å². The molecule has 3 aromatic carbocycles. The van der Waals surface area contributed by atoms with Crippen LogP contribution in [0, 0.1) is 0 Å². The minimum atomic E-state index is -0.592. The minimum absolute atomic E-state index is 0.0154. The molecule has 0 saturated carbocycles. The van der Waals surface area contributed by atoms with Crippen molar-refractivity contribution in [1.82, 2.24) is 0 Å². The van der Waals surface area contributed by atoms with Crippen LogP contribution in [0.2, 0.25) is 0 Å². The molecule has 0 bridgehead atoms. The van der Waals surface area contributed by atoms with Crippen LogP contribution in [-0.4, -0.2) is 37.4 Å². The first-order chi connectivity index (χ1) is 15.6. The summed E-state index contributed by atoms with van der Waals surface area (Å²) in [7, 11) is 0. The molecule has 0 aliphatic carbocycles. The number of hydrogen-bond acceptors (Lipinski definition) is 6. The molecule has 162 valence electrons. The van der Waals surface area contributed by atoms with Crippen molar-refractivity contribution in [2.75, 3.05) is 19.8 Å². The molecule has 0 fully saturated rings. The van der Waals surface area contributed by atoms with Crippen molar-refractivity contribution >= 4 is 17.5 Å². The predicted octanol–water partition coefficient (Wildman–Crippen LogP) is 4.51. The third-order valence-corrected chi connectivity index (χ3v) is 5.10. The lowest BCUT2D eigenvalue weighted by atomic mass is 10.0. The monoisotopic (exact) mass is 430 g/mol. The van der Waals surface area contributed by atoms with Crippen molar-refractivity contribution in [3.05, 3.63) is 83.9 Å². The number of ether oxygens (including phenoxy) is 3. The summed E-state index contributed by atoms with van der Waals surface area (Å²) in [6.45, 7) is 0.545. The lowest BCUT2D eigenvalue weighted by Gasteiger charge is -2.18. The Balaban J connectivity index is 1.25. The Kier molecular flexibility index (Phi) is 6.60. The van der Waals surface area contributed by atoms with Gasteiger partial charge in [0.1, 0.15) is 13.2 Å². The Morgan fingerprint density at radius 3 is 2.09 bits per heavy atom. The molecule has 0 spiro atoms. The highest BCUT2D eigenvalue weighted by Crippen LogP contribution is 2.31. The SMILES string of the molecule is O=C(CCC(=O)c1ccc2c(c1)OCCO2)OCC(=O)c1ccc(-c2ccccc2)cc1. The summed E-state index contributed by atoms with van der Waals surface area (Å²) in [5, 5.41) is 0. The first-order valence-corrected chi connectivity index (χ1v) is 10.4. The zero-order chi connectivity index (χ0) is 22.3. The summed E-state index contributed by atoms with van der Waals surface area (Å²) >= 11 is 0. The third-order valence-electron chi connectivity index (χ3n) is 5.10. The lowest BCUT2D eigenvalue weighted by molar-refractivity contribution is -0.142. The maximum Gasteiger partial charge on any atom is 0.306 e. The van der Waals surface area contributed by atoms with Gasteiger partial charge >= 0.3 is 5.97 Å². The number of ketones is 2. The Morgan fingerprint density at radius 1 is 0.688 bits per heavy atom. The quantitative estimate of drug-likeness (QED) is 0.386. The molecule has 0 unspecified atom stereocenters. The van der Waals surface area contributed by atoms with Crippen molar-refractivity contribution in [2.24, 2.45) is 0 Å². The Hall–Kier alpha value is -3.93. The zero-order valence-electron chi connectivity index (χ0n) is 17.4. The van der Waals surface area contributed by atoms with Crippen molar-refractivity contribution < 1.29 is 28.6 Å². The molecule has 0 atom stereocenters. The van der Waals surface area contributed by atoms with Crippen LogP contribution in [0.3, 0.4) is 0 Å². The van der Waals surface area contributed by atoms with Gasteiger partial charge in [0, 0.05) is 17.5 Å². The third kappa shape index (κ3) is 5.21. The Labute approximate surface area is 185 Å². The highest BCUT2D eigenvalue weighted by molar-refractivity contribution is 5.99. The van der Waals surface area contributed by atoms with Crippen molar-refractivity contribution in [1.29, 1.82) is 0 Å². The van der Waals surface area contributed by atoms with Crippen molar-refractivity contribution in [3.63, 3.8) is 0 Å². The molecule has 3 aromatic rings. The lowest BCUT2D eigenvalue weighted by Crippen LogP contribution is -2.16. The van der Waals surface area contributed by atoms with Crippen LogP contribution in [0.4, 0.5) is 0 Å². The topological polar surface area (TPSA) is 78.9 Å². The summed E-state index contributed by atoms with van der Waals surface area (Å²) in [6.07, 6.45) is -0.119. The van der Waals surface area contributed by atoms with Gasteiger partial charge in [-0.05, 0) is 29.3 Å². The second kappa shape index (κ2) is 9.92. The van der Waals surface area contributed by atoms with E-state index in [-0.39, 0.29) is 31.0 Å². The van der Waals surface area contributed by atoms with Gasteiger partial charge in [0.2, 0.25) is 0 Å². The number of rotatable bonds is 8. The van der Waals surface area contributed by atoms with Gasteiger partial charge in [-0.1, -0.05) is 54.6 Å². The molecule has 0 N–H and O–H groups in total. The predicted molar refractivity (Wildman–Crippen MR) is 118 cm³/mol. The molecular formula is C26H22O6. The standard InChI is InChI=1S/C26H22O6/c27-22(21-10-12-24-25(16-21)31-15-14-30-24)11-13-26(29)32-17-23(28)20-8-6-19(7-9-20)18-4-2-1-3-5-18/h1-10,12,16H,11,13-15,17H2. The van der Waals surface area contributed by atoms with Gasteiger partial charge < -0.3 is 14.2 Å². The molecule has 0 saturated heterocycles. The first kappa shape index (κ1) is 21.3. The molecule has 4 rings (SSSR count). The second-order valence-electron chi connectivity index (χ2n) is 7.31. The maximum absolute atomic E-state index is 12.4. The van der Waals surface area contributed by atoms with E-state index in [1.165, 1.54) is 0 Å². The number of hydrogen-bond donors (Lipinski definition) is 0. The van der Waals surface area contributed by atoms with Crippen molar-refractivity contribution in [3.8, 4) is 22.6 Å². The molecule has 0 amide bonds. The zero-order valence-corrected chi connectivity index (χ0v) is 17.4. The van der Waals surface area contributed by atoms with Crippen LogP contribution in [-0.2, 0) is 9.53 Å². The highest BCUT2D eigenvalue weighted by Gasteiger charge is 2.17. The van der Waals surface area contributed by atoms with Crippen molar-refractivity contribution in [2.45, 2.75) is 12.8 Å². The number of benzene rings is 3. The van der Waals surface area contributed by atoms with Crippen LogP contribution in [0.15, 0.2) is 72.8 Å². The van der Waals surface area contributed by atoms with E-state index in [1.54, 1.807) is 30.3 Å². The van der Waals surface area contributed by atoms with Crippen LogP contribution >= 0.6 is 0 Å². The van der Waals surface area contributed by atoms with E-state index in [2.05, 4.69) is 0 Å². The number of fused-ring (bicyclic) bond motifs is 1. The molecular weight excluding hydrogens is 408 g/mol. The molecule has 6 heteroatoms. The fourth-order valence-electron chi connectivity index (χ4n) is 3.36. The molecule has 6 nitrogen and oxygen atoms in total. The largest absolute Gasteiger partial charge is 0.486 e. The number of Topliss-reactive ketones (excluding diaryl/α,β-unsaturated/α-hetero) is 2. The number of carbonyl (C=O) groups is 3. The highest BCUT2D eigenvalue weighted by atomic mass is 16.6. The van der Waals surface area contributed by atoms with Gasteiger partial charge in [-0.15, -0.1) is 0 Å². The van der Waals surface area contributed by atoms with Gasteiger partial charge in [0.15, 0.2) is 29.7 Å². The first-order valence-electron chi connectivity index (χ1n) is 10.4. The number of carbonyl (C=O) groups excluding carboxylic acids is 3. The van der Waals surface area contributed by atoms with E-state index in [4.69, 9.17) is 14.2 Å². The average Bonchev–Trinajstić information content (AvgIpc) is 2.86. The normalized spacial score (nSPS) is 12.1. The van der Waals surface area contributed by atoms with Crippen LogP contribution in [0.5, 0.6) is 11.5 Å². The van der Waals surface area contributed by atoms with Crippen LogP contribution in [0.1, 0.15) is 33.6 Å². The van der Waals surface area contributed by atoms with E-state index in [9.17, 15) is 14.4 Å². The van der Waals surface area contributed by atoms with Gasteiger partial charge in [0.25, 0.3) is 0 Å². The maximum atomic E-state index is 12.4. The second-order valence-corrected chi connectivity index (χ2v) is 7.31. The summed E-state index contributed by atoms with van der Waals surface area (Å²) in [5.41, 5.74) is 2.96. The Bertz CT molecular complexity index is 1120. The summed E-state index contributed by atoms with van der Waals surface area (Å²) < 4.78 is 16.0. The fourth-order valence-corrected chi connectivity index (χ4v) is 3.36. The molecule has 1 aliphatic rings. The Morgan fingerprint density at radius 2 is 1.34 bits per heavy atom. The molecule has 1 aliphatic heterocycles. The average molecular weight is 430 g/mol. The molecule has 0 radical (unpaired) electrons. The molecule has 1 heterocycles. The van der Waals surface area contributed by atoms with E-state index in [1.807, 2.05) is 42.5 Å². The minimum Gasteiger partial charge on any atom is -0.486 e. The summed E-state index contributed by atoms with van der Waals surface area (Å²) in [6, 6.07) is 21.9. The van der Waals surface area contributed by atoms with E-state index in [0.717, 1.165) is 11.1 Å². The summed E-state index contributed by atoms with van der Waals surface area (Å²) in [4.78, 5) is 36.7. The van der Waals surface area contributed by atoms with Crippen LogP contribution < -0.4 is 9.47 Å². The molecule has 32 heavy (non-hydrogen) atoms. The van der Waals surface area contributed by atoms with Crippen LogP contribution in [0.25, 0.3) is 11.1 Å². The molecule has 0 aromatic heterocycles.